The summed E-state index contributed by atoms with van der Waals surface area (Å²) in [4.78, 5) is 29.2. The first-order valence-corrected chi connectivity index (χ1v) is 10.5. The average molecular weight is 406 g/mol. The van der Waals surface area contributed by atoms with Crippen molar-refractivity contribution >= 4 is 17.6 Å². The SMILES string of the molecule is Cn1cccc1C(=O)N1CCC2(CCN(C(=O)Nc3cccc(C#N)c3)CC2)CC1. The Kier molecular flexibility index (Phi) is 5.49. The predicted molar refractivity (Wildman–Crippen MR) is 114 cm³/mol. The van der Waals surface area contributed by atoms with Crippen molar-refractivity contribution in [1.82, 2.24) is 14.4 Å². The fourth-order valence-electron chi connectivity index (χ4n) is 4.58. The van der Waals surface area contributed by atoms with Gasteiger partial charge in [0.15, 0.2) is 0 Å². The summed E-state index contributed by atoms with van der Waals surface area (Å²) in [6.07, 6.45) is 5.80. The van der Waals surface area contributed by atoms with E-state index in [0.717, 1.165) is 57.6 Å². The molecule has 1 N–H and O–H groups in total. The molecule has 1 aromatic heterocycles. The van der Waals surface area contributed by atoms with E-state index in [1.54, 1.807) is 24.3 Å². The van der Waals surface area contributed by atoms with Crippen LogP contribution >= 0.6 is 0 Å². The van der Waals surface area contributed by atoms with Crippen LogP contribution in [-0.4, -0.2) is 52.5 Å². The standard InChI is InChI=1S/C23H27N5O2/c1-26-11-3-6-20(26)21(29)27-12-7-23(8-13-27)9-14-28(15-10-23)22(30)25-19-5-2-4-18(16-19)17-24/h2-6,11,16H,7-10,12-15H2,1H3,(H,25,30). The number of nitriles is 1. The minimum atomic E-state index is -0.115. The van der Waals surface area contributed by atoms with Crippen molar-refractivity contribution < 1.29 is 9.59 Å². The fraction of sp³-hybridized carbons (Fsp3) is 0.435. The van der Waals surface area contributed by atoms with Crippen LogP contribution in [0.1, 0.15) is 41.7 Å². The van der Waals surface area contributed by atoms with Crippen LogP contribution in [0.5, 0.6) is 0 Å². The zero-order chi connectivity index (χ0) is 21.1. The molecule has 1 aromatic carbocycles. The largest absolute Gasteiger partial charge is 0.347 e. The van der Waals surface area contributed by atoms with Crippen LogP contribution in [0, 0.1) is 16.7 Å². The van der Waals surface area contributed by atoms with E-state index < -0.39 is 0 Å². The second-order valence-electron chi connectivity index (χ2n) is 8.41. The first-order valence-electron chi connectivity index (χ1n) is 10.5. The van der Waals surface area contributed by atoms with Crippen molar-refractivity contribution in [2.75, 3.05) is 31.5 Å². The van der Waals surface area contributed by atoms with Gasteiger partial charge in [-0.1, -0.05) is 6.07 Å². The second-order valence-corrected chi connectivity index (χ2v) is 8.41. The van der Waals surface area contributed by atoms with Gasteiger partial charge < -0.3 is 19.7 Å². The molecule has 0 radical (unpaired) electrons. The van der Waals surface area contributed by atoms with Gasteiger partial charge in [0.25, 0.3) is 5.91 Å². The highest BCUT2D eigenvalue weighted by molar-refractivity contribution is 5.93. The molecule has 0 bridgehead atoms. The molecule has 1 spiro atoms. The third kappa shape index (κ3) is 4.04. The van der Waals surface area contributed by atoms with E-state index in [0.29, 0.717) is 11.3 Å². The van der Waals surface area contributed by atoms with E-state index in [4.69, 9.17) is 5.26 Å². The molecule has 2 aliphatic heterocycles. The lowest BCUT2D eigenvalue weighted by atomic mass is 9.71. The minimum Gasteiger partial charge on any atom is -0.347 e. The molecule has 156 valence electrons. The summed E-state index contributed by atoms with van der Waals surface area (Å²) in [6.45, 7) is 2.99. The second kappa shape index (κ2) is 8.23. The van der Waals surface area contributed by atoms with Gasteiger partial charge >= 0.3 is 6.03 Å². The Labute approximate surface area is 176 Å². The van der Waals surface area contributed by atoms with Crippen LogP contribution < -0.4 is 5.32 Å². The number of anilines is 1. The average Bonchev–Trinajstić information content (AvgIpc) is 3.20. The molecule has 2 aromatic rings. The molecule has 3 amide bonds. The number of rotatable bonds is 2. The number of aryl methyl sites for hydroxylation is 1. The third-order valence-corrected chi connectivity index (χ3v) is 6.63. The Morgan fingerprint density at radius 1 is 1.00 bits per heavy atom. The van der Waals surface area contributed by atoms with Crippen molar-refractivity contribution in [3.63, 3.8) is 0 Å². The number of nitrogens with one attached hydrogen (secondary N) is 1. The fourth-order valence-corrected chi connectivity index (χ4v) is 4.58. The summed E-state index contributed by atoms with van der Waals surface area (Å²) in [5.74, 6) is 0.105. The molecule has 2 fully saturated rings. The number of benzene rings is 1. The highest BCUT2D eigenvalue weighted by Crippen LogP contribution is 2.41. The van der Waals surface area contributed by atoms with E-state index in [9.17, 15) is 9.59 Å². The summed E-state index contributed by atoms with van der Waals surface area (Å²) in [5, 5.41) is 11.9. The van der Waals surface area contributed by atoms with E-state index >= 15 is 0 Å². The van der Waals surface area contributed by atoms with Crippen molar-refractivity contribution in [2.24, 2.45) is 12.5 Å². The topological polar surface area (TPSA) is 81.4 Å². The number of carbonyl (C=O) groups excluding carboxylic acids is 2. The van der Waals surface area contributed by atoms with Gasteiger partial charge in [0.05, 0.1) is 11.6 Å². The summed E-state index contributed by atoms with van der Waals surface area (Å²) < 4.78 is 1.87. The maximum absolute atomic E-state index is 12.7. The molecule has 0 unspecified atom stereocenters. The smallest absolute Gasteiger partial charge is 0.321 e. The molecule has 7 heteroatoms. The quantitative estimate of drug-likeness (QED) is 0.831. The molecule has 0 saturated carbocycles. The summed E-state index contributed by atoms with van der Waals surface area (Å²) >= 11 is 0. The van der Waals surface area contributed by atoms with E-state index in [1.807, 2.05) is 39.7 Å². The molecule has 4 rings (SSSR count). The Morgan fingerprint density at radius 3 is 2.27 bits per heavy atom. The van der Waals surface area contributed by atoms with Crippen LogP contribution in [0.2, 0.25) is 0 Å². The molecular weight excluding hydrogens is 378 g/mol. The number of nitrogens with zero attached hydrogens (tertiary/aromatic N) is 4. The highest BCUT2D eigenvalue weighted by Gasteiger charge is 2.39. The Hall–Kier alpha value is -3.27. The summed E-state index contributed by atoms with van der Waals surface area (Å²) in [5.41, 5.74) is 2.13. The van der Waals surface area contributed by atoms with E-state index in [2.05, 4.69) is 11.4 Å². The maximum Gasteiger partial charge on any atom is 0.321 e. The number of amides is 3. The number of hydrogen-bond acceptors (Lipinski definition) is 3. The van der Waals surface area contributed by atoms with Gasteiger partial charge in [-0.3, -0.25) is 4.79 Å². The predicted octanol–water partition coefficient (Wildman–Crippen LogP) is 3.45. The first-order chi connectivity index (χ1) is 14.5. The lowest BCUT2D eigenvalue weighted by molar-refractivity contribution is 0.0374. The molecule has 30 heavy (non-hydrogen) atoms. The van der Waals surface area contributed by atoms with Gasteiger partial charge in [-0.15, -0.1) is 0 Å². The van der Waals surface area contributed by atoms with Gasteiger partial charge in [-0.05, 0) is 61.4 Å². The van der Waals surface area contributed by atoms with Gasteiger partial charge in [-0.2, -0.15) is 5.26 Å². The molecule has 7 nitrogen and oxygen atoms in total. The van der Waals surface area contributed by atoms with Crippen molar-refractivity contribution in [1.29, 1.82) is 5.26 Å². The molecular formula is C23H27N5O2. The molecule has 0 aliphatic carbocycles. The molecule has 2 saturated heterocycles. The summed E-state index contributed by atoms with van der Waals surface area (Å²) in [7, 11) is 1.90. The third-order valence-electron chi connectivity index (χ3n) is 6.63. The molecule has 3 heterocycles. The van der Waals surface area contributed by atoms with Crippen molar-refractivity contribution in [2.45, 2.75) is 25.7 Å². The minimum absolute atomic E-state index is 0.105. The number of urea groups is 1. The Balaban J connectivity index is 1.29. The van der Waals surface area contributed by atoms with Crippen molar-refractivity contribution in [3.8, 4) is 6.07 Å². The zero-order valence-electron chi connectivity index (χ0n) is 17.3. The number of hydrogen-bond donors (Lipinski definition) is 1. The number of carbonyl (C=O) groups is 2. The van der Waals surface area contributed by atoms with Crippen LogP contribution in [0.4, 0.5) is 10.5 Å². The Morgan fingerprint density at radius 2 is 1.67 bits per heavy atom. The van der Waals surface area contributed by atoms with Gasteiger partial charge in [-0.25, -0.2) is 4.79 Å². The maximum atomic E-state index is 12.7. The molecule has 2 aliphatic rings. The molecule has 0 atom stereocenters. The number of aromatic nitrogens is 1. The van der Waals surface area contributed by atoms with Crippen LogP contribution in [0.25, 0.3) is 0 Å². The lowest BCUT2D eigenvalue weighted by Gasteiger charge is -2.46. The van der Waals surface area contributed by atoms with Gasteiger partial charge in [0.1, 0.15) is 5.69 Å². The van der Waals surface area contributed by atoms with Crippen LogP contribution in [-0.2, 0) is 7.05 Å². The highest BCUT2D eigenvalue weighted by atomic mass is 16.2. The van der Waals surface area contributed by atoms with E-state index in [-0.39, 0.29) is 17.4 Å². The van der Waals surface area contributed by atoms with Crippen LogP contribution in [0.15, 0.2) is 42.6 Å². The van der Waals surface area contributed by atoms with Gasteiger partial charge in [0, 0.05) is 45.1 Å². The van der Waals surface area contributed by atoms with Gasteiger partial charge in [0.2, 0.25) is 0 Å². The van der Waals surface area contributed by atoms with E-state index in [1.165, 1.54) is 0 Å². The summed E-state index contributed by atoms with van der Waals surface area (Å²) in [6, 6.07) is 12.7. The number of piperidine rings is 2. The normalized spacial score (nSPS) is 18.1. The lowest BCUT2D eigenvalue weighted by Crippen LogP contribution is -2.50. The Bertz CT molecular complexity index is 971. The van der Waals surface area contributed by atoms with Crippen LogP contribution in [0.3, 0.4) is 0 Å². The zero-order valence-corrected chi connectivity index (χ0v) is 17.3. The monoisotopic (exact) mass is 405 g/mol. The number of likely N-dealkylation sites (tertiary alicyclic amines) is 2. The first kappa shape index (κ1) is 20.0. The van der Waals surface area contributed by atoms with Crippen molar-refractivity contribution in [3.05, 3.63) is 53.9 Å².